The molecule has 0 saturated heterocycles. The second-order valence-electron chi connectivity index (χ2n) is 2.46. The summed E-state index contributed by atoms with van der Waals surface area (Å²) >= 11 is 5.53. The van der Waals surface area contributed by atoms with Crippen molar-refractivity contribution in [2.24, 2.45) is 0 Å². The standard InChI is InChI=1S/C8H8ClF2NO2/c1-14-6-2-4(9)7(8(10)11)12-5(6)3-13/h2,8,13H,3H2,1H3. The summed E-state index contributed by atoms with van der Waals surface area (Å²) in [7, 11) is 1.34. The van der Waals surface area contributed by atoms with Crippen LogP contribution in [-0.4, -0.2) is 17.2 Å². The number of hydrogen-bond donors (Lipinski definition) is 1. The van der Waals surface area contributed by atoms with Crippen LogP contribution in [0.5, 0.6) is 5.75 Å². The topological polar surface area (TPSA) is 42.4 Å². The predicted octanol–water partition coefficient (Wildman–Crippen LogP) is 2.17. The first-order valence-electron chi connectivity index (χ1n) is 3.72. The molecule has 1 N–H and O–H groups in total. The Morgan fingerprint density at radius 3 is 2.71 bits per heavy atom. The SMILES string of the molecule is COc1cc(Cl)c(C(F)F)nc1CO. The van der Waals surface area contributed by atoms with Gasteiger partial charge in [0.05, 0.1) is 18.7 Å². The highest BCUT2D eigenvalue weighted by atomic mass is 35.5. The summed E-state index contributed by atoms with van der Waals surface area (Å²) in [4.78, 5) is 3.50. The van der Waals surface area contributed by atoms with Crippen LogP contribution in [0.3, 0.4) is 0 Å². The highest BCUT2D eigenvalue weighted by molar-refractivity contribution is 6.31. The van der Waals surface area contributed by atoms with E-state index in [-0.39, 0.29) is 16.5 Å². The number of ether oxygens (including phenoxy) is 1. The molecule has 0 bridgehead atoms. The van der Waals surface area contributed by atoms with E-state index in [0.717, 1.165) is 0 Å². The molecule has 0 aliphatic carbocycles. The quantitative estimate of drug-likeness (QED) is 0.854. The minimum absolute atomic E-state index is 0.0483. The van der Waals surface area contributed by atoms with Crippen LogP contribution in [0.2, 0.25) is 5.02 Å². The van der Waals surface area contributed by atoms with Crippen molar-refractivity contribution < 1.29 is 18.6 Å². The summed E-state index contributed by atoms with van der Waals surface area (Å²) in [6.45, 7) is -0.472. The largest absolute Gasteiger partial charge is 0.495 e. The monoisotopic (exact) mass is 223 g/mol. The van der Waals surface area contributed by atoms with Gasteiger partial charge in [0.1, 0.15) is 17.1 Å². The van der Waals surface area contributed by atoms with Gasteiger partial charge in [-0.3, -0.25) is 0 Å². The molecule has 14 heavy (non-hydrogen) atoms. The zero-order chi connectivity index (χ0) is 10.7. The third-order valence-electron chi connectivity index (χ3n) is 1.62. The van der Waals surface area contributed by atoms with E-state index in [1.54, 1.807) is 0 Å². The summed E-state index contributed by atoms with van der Waals surface area (Å²) in [5, 5.41) is 8.64. The Balaban J connectivity index is 3.23. The second kappa shape index (κ2) is 4.52. The van der Waals surface area contributed by atoms with E-state index in [1.807, 2.05) is 0 Å². The van der Waals surface area contributed by atoms with Crippen LogP contribution < -0.4 is 4.74 Å². The van der Waals surface area contributed by atoms with Gasteiger partial charge in [0.2, 0.25) is 0 Å². The Morgan fingerprint density at radius 1 is 1.64 bits per heavy atom. The average Bonchev–Trinajstić information content (AvgIpc) is 2.16. The van der Waals surface area contributed by atoms with E-state index in [0.29, 0.717) is 0 Å². The van der Waals surface area contributed by atoms with Gasteiger partial charge in [-0.2, -0.15) is 0 Å². The number of nitrogens with zero attached hydrogens (tertiary/aromatic N) is 1. The first kappa shape index (κ1) is 11.1. The van der Waals surface area contributed by atoms with E-state index < -0.39 is 18.7 Å². The molecule has 1 aromatic rings. The number of halogens is 3. The number of aromatic nitrogens is 1. The number of rotatable bonds is 3. The van der Waals surface area contributed by atoms with Crippen LogP contribution in [0.15, 0.2) is 6.07 Å². The molecule has 1 rings (SSSR count). The van der Waals surface area contributed by atoms with Crippen LogP contribution in [0, 0.1) is 0 Å². The lowest BCUT2D eigenvalue weighted by molar-refractivity contribution is 0.145. The smallest absolute Gasteiger partial charge is 0.281 e. The number of methoxy groups -OCH3 is 1. The lowest BCUT2D eigenvalue weighted by atomic mass is 10.3. The van der Waals surface area contributed by atoms with E-state index in [2.05, 4.69) is 4.98 Å². The zero-order valence-corrected chi connectivity index (χ0v) is 8.05. The minimum atomic E-state index is -2.77. The molecule has 0 aromatic carbocycles. The molecule has 0 unspecified atom stereocenters. The average molecular weight is 224 g/mol. The summed E-state index contributed by atoms with van der Waals surface area (Å²) in [5.74, 6) is 0.196. The van der Waals surface area contributed by atoms with Gasteiger partial charge in [-0.15, -0.1) is 0 Å². The Bertz CT molecular complexity index is 333. The van der Waals surface area contributed by atoms with Crippen LogP contribution >= 0.6 is 11.6 Å². The van der Waals surface area contributed by atoms with Gasteiger partial charge in [-0.05, 0) is 0 Å². The number of hydrogen-bond acceptors (Lipinski definition) is 3. The third-order valence-corrected chi connectivity index (χ3v) is 1.92. The maximum absolute atomic E-state index is 12.3. The number of aliphatic hydroxyl groups is 1. The fourth-order valence-electron chi connectivity index (χ4n) is 0.969. The zero-order valence-electron chi connectivity index (χ0n) is 7.30. The molecule has 0 saturated carbocycles. The second-order valence-corrected chi connectivity index (χ2v) is 2.87. The molecule has 0 aliphatic rings. The maximum atomic E-state index is 12.3. The van der Waals surface area contributed by atoms with E-state index in [4.69, 9.17) is 21.4 Å². The van der Waals surface area contributed by atoms with Crippen molar-refractivity contribution in [1.82, 2.24) is 4.98 Å². The van der Waals surface area contributed by atoms with Crippen LogP contribution in [0.1, 0.15) is 17.8 Å². The van der Waals surface area contributed by atoms with Gasteiger partial charge >= 0.3 is 0 Å². The number of alkyl halides is 2. The molecular formula is C8H8ClF2NO2. The molecule has 3 nitrogen and oxygen atoms in total. The normalized spacial score (nSPS) is 10.7. The molecule has 6 heteroatoms. The maximum Gasteiger partial charge on any atom is 0.281 e. The van der Waals surface area contributed by atoms with Crippen LogP contribution in [-0.2, 0) is 6.61 Å². The molecular weight excluding hydrogens is 216 g/mol. The Labute approximate surface area is 84.3 Å². The van der Waals surface area contributed by atoms with Gasteiger partial charge in [0.25, 0.3) is 6.43 Å². The van der Waals surface area contributed by atoms with E-state index >= 15 is 0 Å². The molecule has 0 fully saturated rings. The van der Waals surface area contributed by atoms with Crippen molar-refractivity contribution in [2.45, 2.75) is 13.0 Å². The molecule has 0 spiro atoms. The van der Waals surface area contributed by atoms with Gasteiger partial charge < -0.3 is 9.84 Å². The Morgan fingerprint density at radius 2 is 2.29 bits per heavy atom. The molecule has 0 radical (unpaired) electrons. The van der Waals surface area contributed by atoms with Crippen molar-refractivity contribution in [3.05, 3.63) is 22.5 Å². The van der Waals surface area contributed by atoms with Crippen molar-refractivity contribution in [2.75, 3.05) is 7.11 Å². The van der Waals surface area contributed by atoms with Crippen LogP contribution in [0.4, 0.5) is 8.78 Å². The molecule has 1 aromatic heterocycles. The third kappa shape index (κ3) is 2.10. The minimum Gasteiger partial charge on any atom is -0.495 e. The summed E-state index contributed by atoms with van der Waals surface area (Å²) in [6, 6.07) is 1.21. The lowest BCUT2D eigenvalue weighted by Gasteiger charge is -2.09. The molecule has 0 atom stereocenters. The molecule has 0 aliphatic heterocycles. The number of aliphatic hydroxyl groups excluding tert-OH is 1. The highest BCUT2D eigenvalue weighted by Gasteiger charge is 2.17. The Kier molecular flexibility index (Phi) is 3.60. The van der Waals surface area contributed by atoms with Crippen molar-refractivity contribution in [1.29, 1.82) is 0 Å². The molecule has 78 valence electrons. The predicted molar refractivity (Wildman–Crippen MR) is 46.7 cm³/mol. The fourth-order valence-corrected chi connectivity index (χ4v) is 1.19. The molecule has 1 heterocycles. The van der Waals surface area contributed by atoms with Crippen molar-refractivity contribution in [3.8, 4) is 5.75 Å². The van der Waals surface area contributed by atoms with Crippen molar-refractivity contribution in [3.63, 3.8) is 0 Å². The number of pyridine rings is 1. The summed E-state index contributed by atoms with van der Waals surface area (Å²) in [6.07, 6.45) is -2.77. The Hall–Kier alpha value is -0.940. The molecule has 0 amide bonds. The summed E-state index contributed by atoms with van der Waals surface area (Å²) in [5.41, 5.74) is -0.497. The van der Waals surface area contributed by atoms with Crippen LogP contribution in [0.25, 0.3) is 0 Å². The van der Waals surface area contributed by atoms with Gasteiger partial charge in [0, 0.05) is 6.07 Å². The van der Waals surface area contributed by atoms with Crippen molar-refractivity contribution >= 4 is 11.6 Å². The van der Waals surface area contributed by atoms with Gasteiger partial charge in [-0.1, -0.05) is 11.6 Å². The van der Waals surface area contributed by atoms with E-state index in [1.165, 1.54) is 13.2 Å². The summed E-state index contributed by atoms with van der Waals surface area (Å²) < 4.78 is 29.4. The first-order valence-corrected chi connectivity index (χ1v) is 4.10. The first-order chi connectivity index (χ1) is 6.60. The van der Waals surface area contributed by atoms with Gasteiger partial charge in [0.15, 0.2) is 0 Å². The lowest BCUT2D eigenvalue weighted by Crippen LogP contribution is -2.01. The van der Waals surface area contributed by atoms with Gasteiger partial charge in [-0.25, -0.2) is 13.8 Å². The fraction of sp³-hybridized carbons (Fsp3) is 0.375. The highest BCUT2D eigenvalue weighted by Crippen LogP contribution is 2.30. The van der Waals surface area contributed by atoms with E-state index in [9.17, 15) is 8.78 Å².